The summed E-state index contributed by atoms with van der Waals surface area (Å²) < 4.78 is 162. The minimum atomic E-state index is -5.46. The van der Waals surface area contributed by atoms with Crippen molar-refractivity contribution >= 4 is 10.4 Å². The predicted octanol–water partition coefficient (Wildman–Crippen LogP) is 4.06. The van der Waals surface area contributed by atoms with E-state index >= 15 is 0 Å². The Morgan fingerprint density at radius 2 is 0.655 bits per heavy atom. The highest BCUT2D eigenvalue weighted by Crippen LogP contribution is 2.26. The molecule has 0 aliphatic carbocycles. The topological polar surface area (TPSA) is 52.6 Å². The first-order valence-corrected chi connectivity index (χ1v) is 8.17. The Balaban J connectivity index is 2.22. The van der Waals surface area contributed by atoms with E-state index in [1.165, 1.54) is 0 Å². The Morgan fingerprint density at radius 3 is 0.897 bits per heavy atom. The molecule has 0 atom stereocenters. The minimum absolute atomic E-state index is 1.73. The molecule has 0 heterocycles. The molecule has 15 heteroatoms. The third kappa shape index (κ3) is 4.30. The first-order chi connectivity index (χ1) is 13.3. The van der Waals surface area contributed by atoms with Gasteiger partial charge in [-0.2, -0.15) is 8.42 Å². The fourth-order valence-corrected chi connectivity index (χ4v) is 2.44. The average Bonchev–Trinajstić information content (AvgIpc) is 2.67. The highest BCUT2D eigenvalue weighted by Gasteiger charge is 2.29. The van der Waals surface area contributed by atoms with Gasteiger partial charge in [-0.25, -0.2) is 52.3 Å². The second kappa shape index (κ2) is 8.16. The summed E-state index contributed by atoms with van der Waals surface area (Å²) in [5.41, 5.74) is -3.46. The first kappa shape index (κ1) is 22.9. The highest BCUT2D eigenvalue weighted by atomic mass is 32.3. The van der Waals surface area contributed by atoms with Crippen LogP contribution in [0.3, 0.4) is 0 Å². The van der Waals surface area contributed by atoms with Gasteiger partial charge in [-0.15, -0.1) is 0 Å². The van der Waals surface area contributed by atoms with E-state index in [9.17, 15) is 52.3 Å². The molecule has 4 nitrogen and oxygen atoms in total. The van der Waals surface area contributed by atoms with Crippen LogP contribution in [0.2, 0.25) is 0 Å². The molecule has 0 fully saturated rings. The van der Waals surface area contributed by atoms with Crippen molar-refractivity contribution in [2.24, 2.45) is 0 Å². The predicted molar refractivity (Wildman–Crippen MR) is 71.0 cm³/mol. The highest BCUT2D eigenvalue weighted by molar-refractivity contribution is 7.81. The van der Waals surface area contributed by atoms with Gasteiger partial charge in [0.05, 0.1) is 24.3 Å². The van der Waals surface area contributed by atoms with Gasteiger partial charge in [0.1, 0.15) is 0 Å². The van der Waals surface area contributed by atoms with Crippen LogP contribution in [0.1, 0.15) is 11.1 Å². The zero-order valence-electron chi connectivity index (χ0n) is 13.2. The molecule has 0 unspecified atom stereocenters. The Labute approximate surface area is 154 Å². The van der Waals surface area contributed by atoms with Crippen LogP contribution in [0.4, 0.5) is 43.9 Å². The lowest BCUT2D eigenvalue weighted by molar-refractivity contribution is 0.191. The van der Waals surface area contributed by atoms with Gasteiger partial charge in [0.15, 0.2) is 46.5 Å². The molecule has 0 saturated carbocycles. The quantitative estimate of drug-likeness (QED) is 0.373. The molecule has 0 bridgehead atoms. The lowest BCUT2D eigenvalue weighted by atomic mass is 10.2. The van der Waals surface area contributed by atoms with Gasteiger partial charge in [0.25, 0.3) is 0 Å². The normalized spacial score (nSPS) is 11.9. The summed E-state index contributed by atoms with van der Waals surface area (Å²) in [5.74, 6) is -24.5. The van der Waals surface area contributed by atoms with E-state index in [0.717, 1.165) is 0 Å². The third-order valence-electron chi connectivity index (χ3n) is 3.30. The number of hydrogen-bond acceptors (Lipinski definition) is 4. The van der Waals surface area contributed by atoms with E-state index in [2.05, 4.69) is 8.37 Å². The maximum Gasteiger partial charge on any atom is 0.400 e. The Morgan fingerprint density at radius 1 is 0.448 bits per heavy atom. The maximum absolute atomic E-state index is 13.4. The SMILES string of the molecule is O=S(=O)(OCc1c(F)c(F)c(F)c(F)c1F)OCc1c(F)c(F)c(F)c(F)c1F. The van der Waals surface area contributed by atoms with Gasteiger partial charge >= 0.3 is 10.4 Å². The molecule has 29 heavy (non-hydrogen) atoms. The van der Waals surface area contributed by atoms with Crippen molar-refractivity contribution in [1.82, 2.24) is 0 Å². The smallest absolute Gasteiger partial charge is 0.243 e. The zero-order chi connectivity index (χ0) is 22.3. The van der Waals surface area contributed by atoms with Crippen molar-refractivity contribution in [3.8, 4) is 0 Å². The van der Waals surface area contributed by atoms with Crippen molar-refractivity contribution in [3.05, 3.63) is 69.3 Å². The lowest BCUT2D eigenvalue weighted by Gasteiger charge is -2.11. The van der Waals surface area contributed by atoms with Crippen molar-refractivity contribution < 1.29 is 60.7 Å². The van der Waals surface area contributed by atoms with E-state index in [1.54, 1.807) is 0 Å². The van der Waals surface area contributed by atoms with Crippen molar-refractivity contribution in [2.45, 2.75) is 13.2 Å². The van der Waals surface area contributed by atoms with Crippen LogP contribution in [-0.4, -0.2) is 8.42 Å². The molecule has 0 aliphatic rings. The number of hydrogen-bond donors (Lipinski definition) is 0. The fraction of sp³-hybridized carbons (Fsp3) is 0.143. The van der Waals surface area contributed by atoms with Gasteiger partial charge in [-0.1, -0.05) is 0 Å². The van der Waals surface area contributed by atoms with Crippen LogP contribution in [-0.2, 0) is 32.0 Å². The van der Waals surface area contributed by atoms with Crippen LogP contribution < -0.4 is 0 Å². The second-order valence-electron chi connectivity index (χ2n) is 5.03. The molecule has 0 amide bonds. The number of benzene rings is 2. The summed E-state index contributed by atoms with van der Waals surface area (Å²) >= 11 is 0. The average molecular weight is 458 g/mol. The van der Waals surface area contributed by atoms with Gasteiger partial charge in [0, 0.05) is 0 Å². The van der Waals surface area contributed by atoms with E-state index in [1.807, 2.05) is 0 Å². The van der Waals surface area contributed by atoms with Crippen LogP contribution in [0.5, 0.6) is 0 Å². The molecule has 2 rings (SSSR count). The summed E-state index contributed by atoms with van der Waals surface area (Å²) in [6, 6.07) is 0. The van der Waals surface area contributed by atoms with Crippen LogP contribution in [0, 0.1) is 58.2 Å². The Bertz CT molecular complexity index is 949. The molecule has 160 valence electrons. The molecule has 0 aromatic heterocycles. The van der Waals surface area contributed by atoms with E-state index in [0.29, 0.717) is 0 Å². The van der Waals surface area contributed by atoms with Gasteiger partial charge in [-0.3, -0.25) is 0 Å². The fourth-order valence-electron chi connectivity index (χ4n) is 1.85. The molecule has 0 radical (unpaired) electrons. The van der Waals surface area contributed by atoms with Gasteiger partial charge in [0.2, 0.25) is 11.6 Å². The van der Waals surface area contributed by atoms with Crippen LogP contribution in [0.25, 0.3) is 0 Å². The second-order valence-corrected chi connectivity index (χ2v) is 6.32. The monoisotopic (exact) mass is 458 g/mol. The lowest BCUT2D eigenvalue weighted by Crippen LogP contribution is -2.15. The Kier molecular flexibility index (Phi) is 6.44. The van der Waals surface area contributed by atoms with E-state index in [4.69, 9.17) is 0 Å². The van der Waals surface area contributed by atoms with Crippen molar-refractivity contribution in [2.75, 3.05) is 0 Å². The summed E-state index contributed by atoms with van der Waals surface area (Å²) in [6.07, 6.45) is 0. The van der Waals surface area contributed by atoms with Crippen LogP contribution >= 0.6 is 0 Å². The number of rotatable bonds is 6. The van der Waals surface area contributed by atoms with Crippen molar-refractivity contribution in [3.63, 3.8) is 0 Å². The summed E-state index contributed by atoms with van der Waals surface area (Å²) in [6.45, 7) is -3.63. The largest absolute Gasteiger partial charge is 0.400 e. The summed E-state index contributed by atoms with van der Waals surface area (Å²) in [5, 5.41) is 0. The molecular weight excluding hydrogens is 454 g/mol. The van der Waals surface area contributed by atoms with Crippen LogP contribution in [0.15, 0.2) is 0 Å². The maximum atomic E-state index is 13.4. The van der Waals surface area contributed by atoms with Gasteiger partial charge < -0.3 is 0 Å². The molecule has 0 aliphatic heterocycles. The molecule has 0 saturated heterocycles. The molecule has 2 aromatic rings. The molecule has 0 N–H and O–H groups in total. The van der Waals surface area contributed by atoms with Crippen molar-refractivity contribution in [1.29, 1.82) is 0 Å². The minimum Gasteiger partial charge on any atom is -0.243 e. The molecular formula is C14H4F10O4S. The zero-order valence-corrected chi connectivity index (χ0v) is 14.1. The van der Waals surface area contributed by atoms with E-state index < -0.39 is 92.9 Å². The standard InChI is InChI=1S/C14H4F10O4S/c15-5-3(6(16)10(20)13(23)9(5)19)1-27-29(25,26)28-2-4-7(17)11(21)14(24)12(22)8(4)18/h1-2H2. The number of halogens is 10. The van der Waals surface area contributed by atoms with Gasteiger partial charge in [-0.05, 0) is 0 Å². The summed E-state index contributed by atoms with van der Waals surface area (Å²) in [7, 11) is -5.46. The molecule has 0 spiro atoms. The summed E-state index contributed by atoms with van der Waals surface area (Å²) in [4.78, 5) is 0. The van der Waals surface area contributed by atoms with E-state index in [-0.39, 0.29) is 0 Å². The Hall–Kier alpha value is -2.39. The molecule has 2 aromatic carbocycles. The third-order valence-corrected chi connectivity index (χ3v) is 4.11. The first-order valence-electron chi connectivity index (χ1n) is 6.84.